The summed E-state index contributed by atoms with van der Waals surface area (Å²) in [5.74, 6) is 0.156. The molecule has 0 bridgehead atoms. The van der Waals surface area contributed by atoms with Gasteiger partial charge in [-0.3, -0.25) is 9.78 Å². The topological polar surface area (TPSA) is 58.6 Å². The number of benzene rings is 1. The van der Waals surface area contributed by atoms with Gasteiger partial charge in [-0.2, -0.15) is 0 Å². The summed E-state index contributed by atoms with van der Waals surface area (Å²) in [5.41, 5.74) is 3.37. The van der Waals surface area contributed by atoms with E-state index < -0.39 is 0 Å². The number of hydrogen-bond acceptors (Lipinski definition) is 5. The third kappa shape index (κ3) is 5.20. The second-order valence-corrected chi connectivity index (χ2v) is 9.36. The van der Waals surface area contributed by atoms with E-state index in [1.165, 1.54) is 6.07 Å². The van der Waals surface area contributed by atoms with Crippen LogP contribution < -0.4 is 9.64 Å². The van der Waals surface area contributed by atoms with Crippen LogP contribution in [0, 0.1) is 12.7 Å². The average Bonchev–Trinajstić information content (AvgIpc) is 3.33. The molecule has 2 aromatic heterocycles. The number of pyridine rings is 2. The normalized spacial score (nSPS) is 14.2. The molecule has 1 aromatic carbocycles. The summed E-state index contributed by atoms with van der Waals surface area (Å²) in [4.78, 5) is 25.6. The number of carbonyl (C=O) groups excluding carboxylic acids is 1. The van der Waals surface area contributed by atoms with Crippen molar-refractivity contribution < 1.29 is 13.9 Å². The molecule has 0 saturated heterocycles. The summed E-state index contributed by atoms with van der Waals surface area (Å²) in [5, 5.41) is 0.780. The number of fused-ring (bicyclic) bond motifs is 1. The molecular formula is C27H33FN4O2. The van der Waals surface area contributed by atoms with Crippen LogP contribution in [-0.2, 0) is 4.79 Å². The van der Waals surface area contributed by atoms with Gasteiger partial charge in [0.1, 0.15) is 5.82 Å². The quantitative estimate of drug-likeness (QED) is 0.420. The minimum atomic E-state index is -0.369. The van der Waals surface area contributed by atoms with Crippen LogP contribution in [0.4, 0.5) is 10.1 Å². The molecule has 6 nitrogen and oxygen atoms in total. The molecule has 1 fully saturated rings. The number of amides is 1. The van der Waals surface area contributed by atoms with Gasteiger partial charge < -0.3 is 14.5 Å². The first-order chi connectivity index (χ1) is 16.3. The van der Waals surface area contributed by atoms with Gasteiger partial charge >= 0.3 is 0 Å². The Hall–Kier alpha value is -3.06. The van der Waals surface area contributed by atoms with Crippen molar-refractivity contribution in [1.82, 2.24) is 14.9 Å². The summed E-state index contributed by atoms with van der Waals surface area (Å²) < 4.78 is 20.9. The zero-order valence-corrected chi connectivity index (χ0v) is 20.5. The summed E-state index contributed by atoms with van der Waals surface area (Å²) in [7, 11) is 4.05. The molecule has 1 saturated carbocycles. The van der Waals surface area contributed by atoms with Crippen LogP contribution in [0.3, 0.4) is 0 Å². The van der Waals surface area contributed by atoms with Crippen molar-refractivity contribution in [2.24, 2.45) is 0 Å². The fourth-order valence-electron chi connectivity index (χ4n) is 4.78. The Morgan fingerprint density at radius 3 is 2.56 bits per heavy atom. The highest BCUT2D eigenvalue weighted by Gasteiger charge is 2.29. The standard InChI is InChI=1S/C27H33FN4O2/c1-18-16-29-25-15-24(28)22(20-10-11-26(30-17-20)34-13-7-12-31(3)4)14-23(25)27(18)32(19(2)33)21-8-5-6-9-21/h10-11,14-17,21H,5-9,12-13H2,1-4H3. The van der Waals surface area contributed by atoms with Gasteiger partial charge in [-0.25, -0.2) is 9.37 Å². The maximum atomic E-state index is 15.1. The lowest BCUT2D eigenvalue weighted by Crippen LogP contribution is -2.38. The van der Waals surface area contributed by atoms with E-state index in [1.54, 1.807) is 31.5 Å². The summed E-state index contributed by atoms with van der Waals surface area (Å²) in [6, 6.07) is 7.01. The van der Waals surface area contributed by atoms with E-state index in [4.69, 9.17) is 4.74 Å². The third-order valence-electron chi connectivity index (χ3n) is 6.43. The van der Waals surface area contributed by atoms with E-state index >= 15 is 4.39 Å². The number of ether oxygens (including phenoxy) is 1. The van der Waals surface area contributed by atoms with E-state index in [1.807, 2.05) is 32.0 Å². The number of carbonyl (C=O) groups is 1. The second-order valence-electron chi connectivity index (χ2n) is 9.36. The molecule has 0 spiro atoms. The lowest BCUT2D eigenvalue weighted by molar-refractivity contribution is -0.117. The Morgan fingerprint density at radius 1 is 1.15 bits per heavy atom. The van der Waals surface area contributed by atoms with Gasteiger partial charge in [0.05, 0.1) is 17.8 Å². The molecule has 7 heteroatoms. The van der Waals surface area contributed by atoms with Gasteiger partial charge in [0, 0.05) is 60.5 Å². The van der Waals surface area contributed by atoms with Crippen molar-refractivity contribution in [3.8, 4) is 17.0 Å². The predicted molar refractivity (Wildman–Crippen MR) is 134 cm³/mol. The van der Waals surface area contributed by atoms with Crippen molar-refractivity contribution in [1.29, 1.82) is 0 Å². The van der Waals surface area contributed by atoms with Crippen LogP contribution in [0.25, 0.3) is 22.0 Å². The van der Waals surface area contributed by atoms with Crippen molar-refractivity contribution in [2.45, 2.75) is 52.0 Å². The number of hydrogen-bond donors (Lipinski definition) is 0. The summed E-state index contributed by atoms with van der Waals surface area (Å²) in [6.45, 7) is 5.08. The van der Waals surface area contributed by atoms with E-state index in [-0.39, 0.29) is 17.8 Å². The first-order valence-corrected chi connectivity index (χ1v) is 12.0. The van der Waals surface area contributed by atoms with Crippen LogP contribution in [0.5, 0.6) is 5.88 Å². The molecule has 0 radical (unpaired) electrons. The second kappa shape index (κ2) is 10.5. The molecule has 0 N–H and O–H groups in total. The van der Waals surface area contributed by atoms with Gasteiger partial charge in [-0.05, 0) is 58.0 Å². The molecule has 2 heterocycles. The molecule has 1 aliphatic carbocycles. The van der Waals surface area contributed by atoms with E-state index in [9.17, 15) is 4.79 Å². The Balaban J connectivity index is 1.68. The molecule has 0 atom stereocenters. The lowest BCUT2D eigenvalue weighted by Gasteiger charge is -2.30. The SMILES string of the molecule is CC(=O)N(c1c(C)cnc2cc(F)c(-c3ccc(OCCCN(C)C)nc3)cc12)C1CCCC1. The summed E-state index contributed by atoms with van der Waals surface area (Å²) in [6.07, 6.45) is 8.46. The third-order valence-corrected chi connectivity index (χ3v) is 6.43. The fraction of sp³-hybridized carbons (Fsp3) is 0.444. The van der Waals surface area contributed by atoms with Crippen molar-refractivity contribution in [2.75, 3.05) is 32.1 Å². The van der Waals surface area contributed by atoms with Gasteiger partial charge in [0.2, 0.25) is 11.8 Å². The van der Waals surface area contributed by atoms with Crippen LogP contribution in [-0.4, -0.2) is 54.1 Å². The molecule has 4 rings (SSSR count). The minimum Gasteiger partial charge on any atom is -0.478 e. The predicted octanol–water partition coefficient (Wildman–Crippen LogP) is 5.37. The highest BCUT2D eigenvalue weighted by molar-refractivity contribution is 6.04. The molecule has 3 aromatic rings. The Labute approximate surface area is 200 Å². The fourth-order valence-corrected chi connectivity index (χ4v) is 4.78. The minimum absolute atomic E-state index is 0.00538. The largest absolute Gasteiger partial charge is 0.478 e. The lowest BCUT2D eigenvalue weighted by atomic mass is 10.0. The molecule has 180 valence electrons. The molecule has 1 aliphatic rings. The first kappa shape index (κ1) is 24.1. The monoisotopic (exact) mass is 464 g/mol. The molecule has 0 unspecified atom stereocenters. The van der Waals surface area contributed by atoms with Crippen molar-refractivity contribution in [3.05, 3.63) is 48.0 Å². The number of halogens is 1. The van der Waals surface area contributed by atoms with E-state index in [0.717, 1.165) is 55.3 Å². The summed E-state index contributed by atoms with van der Waals surface area (Å²) >= 11 is 0. The zero-order valence-electron chi connectivity index (χ0n) is 20.5. The number of anilines is 1. The van der Waals surface area contributed by atoms with Gasteiger partial charge in [0.25, 0.3) is 0 Å². The van der Waals surface area contributed by atoms with Gasteiger partial charge in [-0.15, -0.1) is 0 Å². The number of nitrogens with zero attached hydrogens (tertiary/aromatic N) is 4. The van der Waals surface area contributed by atoms with Crippen LogP contribution in [0.15, 0.2) is 36.7 Å². The van der Waals surface area contributed by atoms with Crippen LogP contribution in [0.2, 0.25) is 0 Å². The van der Waals surface area contributed by atoms with Crippen LogP contribution >= 0.6 is 0 Å². The highest BCUT2D eigenvalue weighted by atomic mass is 19.1. The number of aryl methyl sites for hydroxylation is 1. The molecule has 34 heavy (non-hydrogen) atoms. The first-order valence-electron chi connectivity index (χ1n) is 12.0. The number of rotatable bonds is 8. The van der Waals surface area contributed by atoms with Crippen molar-refractivity contribution in [3.63, 3.8) is 0 Å². The maximum Gasteiger partial charge on any atom is 0.224 e. The Morgan fingerprint density at radius 2 is 1.91 bits per heavy atom. The number of aromatic nitrogens is 2. The average molecular weight is 465 g/mol. The molecule has 0 aliphatic heterocycles. The maximum absolute atomic E-state index is 15.1. The Bertz CT molecular complexity index is 1160. The van der Waals surface area contributed by atoms with E-state index in [2.05, 4.69) is 14.9 Å². The smallest absolute Gasteiger partial charge is 0.224 e. The molecular weight excluding hydrogens is 431 g/mol. The molecule has 1 amide bonds. The van der Waals surface area contributed by atoms with Crippen LogP contribution in [0.1, 0.15) is 44.6 Å². The van der Waals surface area contributed by atoms with E-state index in [0.29, 0.717) is 29.1 Å². The van der Waals surface area contributed by atoms with Gasteiger partial charge in [0.15, 0.2) is 0 Å². The zero-order chi connectivity index (χ0) is 24.2. The van der Waals surface area contributed by atoms with Crippen molar-refractivity contribution >= 4 is 22.5 Å². The Kier molecular flexibility index (Phi) is 7.41. The van der Waals surface area contributed by atoms with Gasteiger partial charge in [-0.1, -0.05) is 12.8 Å². The highest BCUT2D eigenvalue weighted by Crippen LogP contribution is 2.38.